The zero-order valence-electron chi connectivity index (χ0n) is 11.2. The molecule has 0 amide bonds. The number of sulfonamides is 1. The van der Waals surface area contributed by atoms with Crippen LogP contribution in [0.25, 0.3) is 0 Å². The average molecular weight is 291 g/mol. The maximum absolute atomic E-state index is 12.2. The molecule has 1 aromatic heterocycles. The second-order valence-corrected chi connectivity index (χ2v) is 6.19. The number of aryl methyl sites for hydroxylation is 1. The van der Waals surface area contributed by atoms with Crippen LogP contribution in [0.5, 0.6) is 0 Å². The average Bonchev–Trinajstić information content (AvgIpc) is 2.39. The Kier molecular flexibility index (Phi) is 4.36. The van der Waals surface area contributed by atoms with Gasteiger partial charge in [0.1, 0.15) is 5.82 Å². The molecule has 0 spiro atoms. The highest BCUT2D eigenvalue weighted by atomic mass is 32.2. The Morgan fingerprint density at radius 3 is 2.50 bits per heavy atom. The van der Waals surface area contributed by atoms with Crippen molar-refractivity contribution in [3.63, 3.8) is 0 Å². The number of nitrogens with two attached hydrogens (primary N) is 1. The number of benzene rings is 1. The molecule has 0 aliphatic carbocycles. The monoisotopic (exact) mass is 291 g/mol. The van der Waals surface area contributed by atoms with Crippen molar-refractivity contribution in [3.8, 4) is 0 Å². The minimum Gasteiger partial charge on any atom is -0.330 e. The molecule has 0 radical (unpaired) electrons. The van der Waals surface area contributed by atoms with Crippen LogP contribution < -0.4 is 10.5 Å². The molecule has 6 heteroatoms. The Bertz CT molecular complexity index is 682. The summed E-state index contributed by atoms with van der Waals surface area (Å²) >= 11 is 0. The molecule has 0 unspecified atom stereocenters. The lowest BCUT2D eigenvalue weighted by Crippen LogP contribution is -2.14. The molecule has 0 aliphatic heterocycles. The van der Waals surface area contributed by atoms with E-state index >= 15 is 0 Å². The van der Waals surface area contributed by atoms with Gasteiger partial charge < -0.3 is 5.73 Å². The first-order valence-corrected chi connectivity index (χ1v) is 7.74. The van der Waals surface area contributed by atoms with Crippen LogP contribution >= 0.6 is 0 Å². The number of nitrogens with one attached hydrogen (secondary N) is 1. The van der Waals surface area contributed by atoms with E-state index in [-0.39, 0.29) is 4.90 Å². The molecule has 3 N–H and O–H groups in total. The van der Waals surface area contributed by atoms with E-state index < -0.39 is 10.0 Å². The van der Waals surface area contributed by atoms with Crippen molar-refractivity contribution in [2.24, 2.45) is 5.73 Å². The van der Waals surface area contributed by atoms with Crippen LogP contribution in [0.15, 0.2) is 47.5 Å². The van der Waals surface area contributed by atoms with E-state index in [0.717, 1.165) is 17.5 Å². The van der Waals surface area contributed by atoms with Gasteiger partial charge in [0.05, 0.1) is 4.90 Å². The van der Waals surface area contributed by atoms with E-state index in [2.05, 4.69) is 9.71 Å². The number of rotatable bonds is 5. The highest BCUT2D eigenvalue weighted by molar-refractivity contribution is 7.92. The van der Waals surface area contributed by atoms with Crippen molar-refractivity contribution in [1.29, 1.82) is 0 Å². The summed E-state index contributed by atoms with van der Waals surface area (Å²) in [7, 11) is -3.61. The van der Waals surface area contributed by atoms with Gasteiger partial charge in [0.2, 0.25) is 0 Å². The largest absolute Gasteiger partial charge is 0.330 e. The molecule has 106 valence electrons. The molecule has 1 heterocycles. The molecule has 0 saturated carbocycles. The summed E-state index contributed by atoms with van der Waals surface area (Å²) in [6.07, 6.45) is 2.30. The summed E-state index contributed by atoms with van der Waals surface area (Å²) in [5.41, 5.74) is 7.42. The molecule has 1 aromatic carbocycles. The van der Waals surface area contributed by atoms with Crippen LogP contribution in [0.3, 0.4) is 0 Å². The maximum Gasteiger partial charge on any atom is 0.263 e. The van der Waals surface area contributed by atoms with Crippen molar-refractivity contribution in [2.75, 3.05) is 11.3 Å². The zero-order valence-corrected chi connectivity index (χ0v) is 12.0. The summed E-state index contributed by atoms with van der Waals surface area (Å²) in [6.45, 7) is 2.42. The van der Waals surface area contributed by atoms with Crippen LogP contribution in [0, 0.1) is 6.92 Å². The van der Waals surface area contributed by atoms with Crippen LogP contribution in [0.1, 0.15) is 11.1 Å². The van der Waals surface area contributed by atoms with Crippen LogP contribution in [0.2, 0.25) is 0 Å². The Labute approximate surface area is 118 Å². The molecule has 0 saturated heterocycles. The summed E-state index contributed by atoms with van der Waals surface area (Å²) < 4.78 is 26.9. The predicted molar refractivity (Wildman–Crippen MR) is 79.0 cm³/mol. The van der Waals surface area contributed by atoms with Gasteiger partial charge in [-0.2, -0.15) is 0 Å². The van der Waals surface area contributed by atoms with Gasteiger partial charge in [0.15, 0.2) is 0 Å². The minimum atomic E-state index is -3.61. The summed E-state index contributed by atoms with van der Waals surface area (Å²) in [5, 5.41) is 0. The van der Waals surface area contributed by atoms with E-state index in [1.54, 1.807) is 42.6 Å². The Morgan fingerprint density at radius 1 is 1.20 bits per heavy atom. The van der Waals surface area contributed by atoms with Crippen molar-refractivity contribution in [3.05, 3.63) is 53.7 Å². The molecule has 2 rings (SSSR count). The zero-order chi connectivity index (χ0) is 14.6. The van der Waals surface area contributed by atoms with Gasteiger partial charge in [-0.15, -0.1) is 0 Å². The highest BCUT2D eigenvalue weighted by Crippen LogP contribution is 2.15. The first kappa shape index (κ1) is 14.5. The molecule has 5 nitrogen and oxygen atoms in total. The van der Waals surface area contributed by atoms with Crippen LogP contribution in [-0.2, 0) is 16.4 Å². The molecule has 0 bridgehead atoms. The van der Waals surface area contributed by atoms with E-state index in [9.17, 15) is 8.42 Å². The summed E-state index contributed by atoms with van der Waals surface area (Å²) in [6, 6.07) is 10.2. The number of nitrogens with zero attached hydrogens (tertiary/aromatic N) is 1. The third kappa shape index (κ3) is 3.55. The molecule has 0 fully saturated rings. The van der Waals surface area contributed by atoms with Gasteiger partial charge >= 0.3 is 0 Å². The Hall–Kier alpha value is -1.92. The van der Waals surface area contributed by atoms with Crippen LogP contribution in [-0.4, -0.2) is 19.9 Å². The fourth-order valence-electron chi connectivity index (χ4n) is 1.79. The molecule has 20 heavy (non-hydrogen) atoms. The van der Waals surface area contributed by atoms with Gasteiger partial charge in [-0.3, -0.25) is 4.72 Å². The van der Waals surface area contributed by atoms with Gasteiger partial charge in [0, 0.05) is 6.20 Å². The Balaban J connectivity index is 2.21. The van der Waals surface area contributed by atoms with Gasteiger partial charge in [0.25, 0.3) is 10.0 Å². The van der Waals surface area contributed by atoms with Gasteiger partial charge in [-0.05, 0) is 55.3 Å². The van der Waals surface area contributed by atoms with Gasteiger partial charge in [-0.25, -0.2) is 13.4 Å². The van der Waals surface area contributed by atoms with Crippen molar-refractivity contribution < 1.29 is 8.42 Å². The topological polar surface area (TPSA) is 85.1 Å². The standard InChI is InChI=1S/C14H17N3O2S/c1-11-7-9-16-14(10-11)17-20(18,19)13-4-2-12(3-5-13)6-8-15/h2-5,7,9-10H,6,8,15H2,1H3,(H,16,17). The number of hydrogen-bond acceptors (Lipinski definition) is 4. The SMILES string of the molecule is Cc1ccnc(NS(=O)(=O)c2ccc(CCN)cc2)c1. The second kappa shape index (κ2) is 6.02. The molecular weight excluding hydrogens is 274 g/mol. The van der Waals surface area contributed by atoms with Crippen molar-refractivity contribution in [2.45, 2.75) is 18.2 Å². The minimum absolute atomic E-state index is 0.210. The Morgan fingerprint density at radius 2 is 1.90 bits per heavy atom. The third-order valence-corrected chi connectivity index (χ3v) is 4.19. The normalized spacial score (nSPS) is 11.3. The van der Waals surface area contributed by atoms with Crippen molar-refractivity contribution in [1.82, 2.24) is 4.98 Å². The summed E-state index contributed by atoms with van der Waals surface area (Å²) in [5.74, 6) is 0.316. The third-order valence-electron chi connectivity index (χ3n) is 2.82. The van der Waals surface area contributed by atoms with E-state index in [0.29, 0.717) is 12.4 Å². The number of pyridine rings is 1. The lowest BCUT2D eigenvalue weighted by molar-refractivity contribution is 0.601. The second-order valence-electron chi connectivity index (χ2n) is 4.51. The number of hydrogen-bond donors (Lipinski definition) is 2. The van der Waals surface area contributed by atoms with E-state index in [1.807, 2.05) is 6.92 Å². The number of anilines is 1. The van der Waals surface area contributed by atoms with E-state index in [1.165, 1.54) is 0 Å². The lowest BCUT2D eigenvalue weighted by Gasteiger charge is -2.08. The molecule has 0 aliphatic rings. The van der Waals surface area contributed by atoms with Crippen molar-refractivity contribution >= 4 is 15.8 Å². The van der Waals surface area contributed by atoms with E-state index in [4.69, 9.17) is 5.73 Å². The first-order valence-electron chi connectivity index (χ1n) is 6.26. The number of aromatic nitrogens is 1. The quantitative estimate of drug-likeness (QED) is 0.878. The highest BCUT2D eigenvalue weighted by Gasteiger charge is 2.14. The molecule has 0 atom stereocenters. The summed E-state index contributed by atoms with van der Waals surface area (Å²) in [4.78, 5) is 4.20. The smallest absolute Gasteiger partial charge is 0.263 e. The fraction of sp³-hybridized carbons (Fsp3) is 0.214. The molecular formula is C14H17N3O2S. The van der Waals surface area contributed by atoms with Crippen LogP contribution in [0.4, 0.5) is 5.82 Å². The first-order chi connectivity index (χ1) is 9.51. The van der Waals surface area contributed by atoms with Gasteiger partial charge in [-0.1, -0.05) is 12.1 Å². The lowest BCUT2D eigenvalue weighted by atomic mass is 10.2. The fourth-order valence-corrected chi connectivity index (χ4v) is 2.79. The maximum atomic E-state index is 12.2. The predicted octanol–water partition coefficient (Wildman–Crippen LogP) is 1.69. The molecule has 2 aromatic rings.